The Morgan fingerprint density at radius 1 is 0.889 bits per heavy atom. The third-order valence-electron chi connectivity index (χ3n) is 7.06. The van der Waals surface area contributed by atoms with Crippen molar-refractivity contribution in [3.63, 3.8) is 0 Å². The van der Waals surface area contributed by atoms with Crippen LogP contribution in [0.5, 0.6) is 5.75 Å². The Morgan fingerprint density at radius 2 is 1.50 bits per heavy atom. The molecule has 6 heteroatoms. The highest BCUT2D eigenvalue weighted by molar-refractivity contribution is 6.74. The van der Waals surface area contributed by atoms with Gasteiger partial charge in [-0.3, -0.25) is 4.90 Å². The van der Waals surface area contributed by atoms with Crippen molar-refractivity contribution >= 4 is 19.4 Å². The Labute approximate surface area is 216 Å². The minimum atomic E-state index is -2.01. The van der Waals surface area contributed by atoms with Crippen LogP contribution in [0.25, 0.3) is 11.0 Å². The Kier molecular flexibility index (Phi) is 8.29. The number of hydrogen-bond donors (Lipinski definition) is 1. The lowest BCUT2D eigenvalue weighted by molar-refractivity contribution is 0.0702. The molecule has 190 valence electrons. The molecule has 0 aliphatic carbocycles. The number of rotatable bonds is 11. The molecule has 3 aromatic carbocycles. The maximum absolute atomic E-state index is 6.95. The standard InChI is InChI=1S/C30H39N3O2Si/c1-30(2,3)36(4,5)35-27(22-34-26-16-17-28-29(18-26)32-23-31-28)21-33(19-24-12-8-6-9-13-24)20-25-14-10-7-11-15-25/h6-18,23,27H,19-22H2,1-5H3,(H,31,32). The minimum absolute atomic E-state index is 0.0619. The van der Waals surface area contributed by atoms with Gasteiger partial charge in [0.15, 0.2) is 8.32 Å². The monoisotopic (exact) mass is 501 g/mol. The Hall–Kier alpha value is -2.93. The summed E-state index contributed by atoms with van der Waals surface area (Å²) in [6.45, 7) is 14.5. The van der Waals surface area contributed by atoms with Crippen molar-refractivity contribution in [3.05, 3.63) is 96.3 Å². The molecule has 1 N–H and O–H groups in total. The van der Waals surface area contributed by atoms with E-state index in [0.29, 0.717) is 6.61 Å². The lowest BCUT2D eigenvalue weighted by Gasteiger charge is -2.40. The molecule has 1 unspecified atom stereocenters. The van der Waals surface area contributed by atoms with E-state index in [4.69, 9.17) is 9.16 Å². The summed E-state index contributed by atoms with van der Waals surface area (Å²) in [6, 6.07) is 27.3. The molecule has 0 saturated heterocycles. The van der Waals surface area contributed by atoms with Gasteiger partial charge in [0.05, 0.1) is 23.5 Å². The van der Waals surface area contributed by atoms with Gasteiger partial charge in [0.25, 0.3) is 0 Å². The normalized spacial score (nSPS) is 13.3. The zero-order valence-electron chi connectivity index (χ0n) is 22.2. The number of fused-ring (bicyclic) bond motifs is 1. The van der Waals surface area contributed by atoms with Crippen LogP contribution < -0.4 is 4.74 Å². The molecule has 0 saturated carbocycles. The molecule has 0 radical (unpaired) electrons. The SMILES string of the molecule is CC(C)(C)[Si](C)(C)OC(COc1ccc2[nH]cnc2c1)CN(Cc1ccccc1)Cc1ccccc1. The second-order valence-corrected chi connectivity index (χ2v) is 15.8. The largest absolute Gasteiger partial charge is 0.491 e. The number of nitrogens with zero attached hydrogens (tertiary/aromatic N) is 2. The summed E-state index contributed by atoms with van der Waals surface area (Å²) < 4.78 is 13.3. The number of aromatic nitrogens is 2. The molecule has 1 atom stereocenters. The first-order valence-electron chi connectivity index (χ1n) is 12.7. The molecule has 0 bridgehead atoms. The lowest BCUT2D eigenvalue weighted by atomic mass is 10.1. The highest BCUT2D eigenvalue weighted by atomic mass is 28.4. The first-order chi connectivity index (χ1) is 17.2. The molecule has 0 spiro atoms. The van der Waals surface area contributed by atoms with Crippen molar-refractivity contribution < 1.29 is 9.16 Å². The van der Waals surface area contributed by atoms with E-state index in [1.54, 1.807) is 6.33 Å². The second-order valence-electron chi connectivity index (χ2n) is 11.0. The average Bonchev–Trinajstić information content (AvgIpc) is 3.31. The fourth-order valence-corrected chi connectivity index (χ4v) is 5.39. The molecule has 1 aromatic heterocycles. The van der Waals surface area contributed by atoms with Crippen LogP contribution >= 0.6 is 0 Å². The first-order valence-corrected chi connectivity index (χ1v) is 15.6. The van der Waals surface area contributed by atoms with E-state index >= 15 is 0 Å². The highest BCUT2D eigenvalue weighted by Gasteiger charge is 2.39. The number of nitrogens with one attached hydrogen (secondary N) is 1. The summed E-state index contributed by atoms with van der Waals surface area (Å²) in [4.78, 5) is 9.99. The lowest BCUT2D eigenvalue weighted by Crippen LogP contribution is -2.48. The van der Waals surface area contributed by atoms with Crippen molar-refractivity contribution in [2.45, 2.75) is 58.1 Å². The van der Waals surface area contributed by atoms with Crippen LogP contribution in [0.15, 0.2) is 85.2 Å². The highest BCUT2D eigenvalue weighted by Crippen LogP contribution is 2.37. The molecule has 1 heterocycles. The van der Waals surface area contributed by atoms with Gasteiger partial charge in [-0.05, 0) is 41.4 Å². The third-order valence-corrected chi connectivity index (χ3v) is 11.6. The molecular formula is C30H39N3O2Si. The Bertz CT molecular complexity index is 1180. The van der Waals surface area contributed by atoms with E-state index in [1.165, 1.54) is 11.1 Å². The van der Waals surface area contributed by atoms with Crippen molar-refractivity contribution in [1.29, 1.82) is 0 Å². The van der Waals surface area contributed by atoms with Gasteiger partial charge in [-0.25, -0.2) is 4.98 Å². The first kappa shape index (κ1) is 26.1. The van der Waals surface area contributed by atoms with Crippen LogP contribution in [0, 0.1) is 0 Å². The molecule has 0 aliphatic heterocycles. The fourth-order valence-electron chi connectivity index (χ4n) is 4.06. The number of hydrogen-bond acceptors (Lipinski definition) is 4. The quantitative estimate of drug-likeness (QED) is 0.224. The average molecular weight is 502 g/mol. The van der Waals surface area contributed by atoms with Gasteiger partial charge >= 0.3 is 0 Å². The predicted molar refractivity (Wildman–Crippen MR) is 151 cm³/mol. The Morgan fingerprint density at radius 3 is 2.08 bits per heavy atom. The van der Waals surface area contributed by atoms with Crippen LogP contribution in [0.1, 0.15) is 31.9 Å². The zero-order valence-corrected chi connectivity index (χ0v) is 23.2. The van der Waals surface area contributed by atoms with E-state index in [1.807, 2.05) is 18.2 Å². The van der Waals surface area contributed by atoms with E-state index < -0.39 is 8.32 Å². The topological polar surface area (TPSA) is 50.4 Å². The molecular weight excluding hydrogens is 462 g/mol. The van der Waals surface area contributed by atoms with Crippen LogP contribution in [0.3, 0.4) is 0 Å². The molecule has 5 nitrogen and oxygen atoms in total. The van der Waals surface area contributed by atoms with Crippen molar-refractivity contribution in [2.24, 2.45) is 0 Å². The maximum Gasteiger partial charge on any atom is 0.192 e. The van der Waals surface area contributed by atoms with Gasteiger partial charge in [-0.2, -0.15) is 0 Å². The number of H-pyrrole nitrogens is 1. The smallest absolute Gasteiger partial charge is 0.192 e. The van der Waals surface area contributed by atoms with E-state index in [9.17, 15) is 0 Å². The molecule has 4 rings (SSSR count). The summed E-state index contributed by atoms with van der Waals surface area (Å²) in [7, 11) is -2.01. The maximum atomic E-state index is 6.95. The van der Waals surface area contributed by atoms with Crippen LogP contribution in [0.2, 0.25) is 18.1 Å². The summed E-state index contributed by atoms with van der Waals surface area (Å²) in [6.07, 6.45) is 1.65. The van der Waals surface area contributed by atoms with Gasteiger partial charge in [0, 0.05) is 25.7 Å². The summed E-state index contributed by atoms with van der Waals surface area (Å²) in [5.41, 5.74) is 4.51. The summed E-state index contributed by atoms with van der Waals surface area (Å²) in [5.74, 6) is 0.816. The van der Waals surface area contributed by atoms with Gasteiger partial charge in [0.1, 0.15) is 12.4 Å². The van der Waals surface area contributed by atoms with Gasteiger partial charge in [-0.1, -0.05) is 81.4 Å². The molecule has 36 heavy (non-hydrogen) atoms. The van der Waals surface area contributed by atoms with E-state index in [-0.39, 0.29) is 11.1 Å². The van der Waals surface area contributed by atoms with Crippen molar-refractivity contribution in [3.8, 4) is 5.75 Å². The molecule has 0 amide bonds. The van der Waals surface area contributed by atoms with Crippen molar-refractivity contribution in [1.82, 2.24) is 14.9 Å². The van der Waals surface area contributed by atoms with Gasteiger partial charge in [0.2, 0.25) is 0 Å². The molecule has 0 aliphatic rings. The number of aromatic amines is 1. The minimum Gasteiger partial charge on any atom is -0.491 e. The van der Waals surface area contributed by atoms with Crippen LogP contribution in [-0.4, -0.2) is 42.4 Å². The zero-order chi connectivity index (χ0) is 25.6. The number of imidazole rings is 1. The summed E-state index contributed by atoms with van der Waals surface area (Å²) in [5, 5.41) is 0.114. The second kappa shape index (κ2) is 11.4. The summed E-state index contributed by atoms with van der Waals surface area (Å²) >= 11 is 0. The van der Waals surface area contributed by atoms with Crippen LogP contribution in [0.4, 0.5) is 0 Å². The molecule has 0 fully saturated rings. The Balaban J connectivity index is 1.55. The van der Waals surface area contributed by atoms with Gasteiger partial charge in [-0.15, -0.1) is 0 Å². The van der Waals surface area contributed by atoms with Crippen LogP contribution in [-0.2, 0) is 17.5 Å². The van der Waals surface area contributed by atoms with E-state index in [0.717, 1.165) is 36.4 Å². The predicted octanol–water partition coefficient (Wildman–Crippen LogP) is 7.03. The molecule has 4 aromatic rings. The fraction of sp³-hybridized carbons (Fsp3) is 0.367. The van der Waals surface area contributed by atoms with Crippen molar-refractivity contribution in [2.75, 3.05) is 13.2 Å². The van der Waals surface area contributed by atoms with E-state index in [2.05, 4.69) is 109 Å². The van der Waals surface area contributed by atoms with Gasteiger partial charge < -0.3 is 14.1 Å². The third kappa shape index (κ3) is 7.06. The number of ether oxygens (including phenoxy) is 1. The number of benzene rings is 3.